The van der Waals surface area contributed by atoms with Crippen LogP contribution >= 0.6 is 0 Å². The van der Waals surface area contributed by atoms with Crippen LogP contribution in [0, 0.1) is 0 Å². The van der Waals surface area contributed by atoms with Crippen molar-refractivity contribution in [2.75, 3.05) is 13.2 Å². The second-order valence-corrected chi connectivity index (χ2v) is 7.82. The van der Waals surface area contributed by atoms with E-state index < -0.39 is 15.1 Å². The van der Waals surface area contributed by atoms with Crippen molar-refractivity contribution >= 4 is 36.7 Å². The Labute approximate surface area is 181 Å². The van der Waals surface area contributed by atoms with Gasteiger partial charge in [-0.1, -0.05) is 60.7 Å². The fourth-order valence-electron chi connectivity index (χ4n) is 3.66. The first-order chi connectivity index (χ1) is 13.3. The second-order valence-electron chi connectivity index (χ2n) is 6.44. The van der Waals surface area contributed by atoms with Gasteiger partial charge in [0.2, 0.25) is 0 Å². The van der Waals surface area contributed by atoms with Crippen LogP contribution in [-0.4, -0.2) is 33.5 Å². The molecule has 0 spiro atoms. The normalized spacial score (nSPS) is 12.4. The summed E-state index contributed by atoms with van der Waals surface area (Å²) in [7, 11) is 0. The van der Waals surface area contributed by atoms with Gasteiger partial charge in [0.05, 0.1) is 18.1 Å². The van der Waals surface area contributed by atoms with E-state index in [1.54, 1.807) is 0 Å². The van der Waals surface area contributed by atoms with Gasteiger partial charge in [0.1, 0.15) is 0 Å². The molecule has 1 aliphatic rings. The van der Waals surface area contributed by atoms with Crippen LogP contribution in [0.5, 0.6) is 11.5 Å². The Morgan fingerprint density at radius 2 is 1.25 bits per heavy atom. The molecule has 0 amide bonds. The predicted molar refractivity (Wildman–Crippen MR) is 108 cm³/mol. The predicted octanol–water partition coefficient (Wildman–Crippen LogP) is 1.54. The van der Waals surface area contributed by atoms with E-state index in [0.717, 1.165) is 44.2 Å². The molecule has 0 saturated carbocycles. The van der Waals surface area contributed by atoms with Gasteiger partial charge in [0.15, 0.2) is 0 Å². The van der Waals surface area contributed by atoms with Gasteiger partial charge in [0.25, 0.3) is 0 Å². The van der Waals surface area contributed by atoms with Crippen molar-refractivity contribution in [1.82, 2.24) is 0 Å². The number of rotatable bonds is 3. The zero-order valence-corrected chi connectivity index (χ0v) is 16.7. The molecule has 4 aromatic rings. The molecule has 0 fully saturated rings. The van der Waals surface area contributed by atoms with E-state index in [1.807, 2.05) is 36.4 Å². The summed E-state index contributed by atoms with van der Waals surface area (Å²) in [6.07, 6.45) is 0. The maximum atomic E-state index is 9.13. The van der Waals surface area contributed by atoms with Crippen LogP contribution in [0.4, 0.5) is 0 Å². The van der Waals surface area contributed by atoms with Gasteiger partial charge >= 0.3 is 34.0 Å². The number of aliphatic hydroxyl groups is 1. The molecule has 5 rings (SSSR count). The van der Waals surface area contributed by atoms with Crippen LogP contribution in [-0.2, 0) is 3.79 Å². The second kappa shape index (κ2) is 8.19. The van der Waals surface area contributed by atoms with Crippen molar-refractivity contribution in [1.29, 1.82) is 0 Å². The molecular formula is C22H18AlLiO4. The molecule has 1 heterocycles. The van der Waals surface area contributed by atoms with Gasteiger partial charge < -0.3 is 17.9 Å². The average Bonchev–Trinajstić information content (AvgIpc) is 2.88. The molecule has 0 radical (unpaired) electrons. The third-order valence-corrected chi connectivity index (χ3v) is 6.22. The Morgan fingerprint density at radius 1 is 0.750 bits per heavy atom. The molecule has 4 aromatic carbocycles. The topological polar surface area (TPSA) is 47.9 Å². The Bertz CT molecular complexity index is 1070. The Hall–Kier alpha value is -1.95. The molecule has 1 N–H and O–H groups in total. The van der Waals surface area contributed by atoms with Gasteiger partial charge in [-0.3, -0.25) is 0 Å². The van der Waals surface area contributed by atoms with Gasteiger partial charge in [-0.25, -0.2) is 0 Å². The van der Waals surface area contributed by atoms with E-state index in [-0.39, 0.29) is 33.5 Å². The maximum absolute atomic E-state index is 9.13. The molecule has 0 aliphatic carbocycles. The summed E-state index contributed by atoms with van der Waals surface area (Å²) in [5, 5.41) is 13.7. The molecule has 0 saturated heterocycles. The Kier molecular flexibility index (Phi) is 5.67. The van der Waals surface area contributed by atoms with Crippen molar-refractivity contribution in [3.63, 3.8) is 0 Å². The van der Waals surface area contributed by atoms with E-state index in [4.69, 9.17) is 16.5 Å². The first-order valence-electron chi connectivity index (χ1n) is 8.95. The number of fused-ring (bicyclic) bond motifs is 7. The van der Waals surface area contributed by atoms with E-state index in [2.05, 4.69) is 36.4 Å². The molecule has 0 atom stereocenters. The van der Waals surface area contributed by atoms with Crippen molar-refractivity contribution in [2.45, 2.75) is 0 Å². The van der Waals surface area contributed by atoms with E-state index in [9.17, 15) is 0 Å². The van der Waals surface area contributed by atoms with Gasteiger partial charge in [-0.15, -0.1) is 0 Å². The minimum atomic E-state index is -2.48. The van der Waals surface area contributed by atoms with Crippen LogP contribution in [0.25, 0.3) is 32.7 Å². The van der Waals surface area contributed by atoms with Gasteiger partial charge in [-0.05, 0) is 33.7 Å². The molecule has 0 aromatic heterocycles. The molecule has 0 unspecified atom stereocenters. The van der Waals surface area contributed by atoms with Crippen LogP contribution in [0.1, 0.15) is 1.43 Å². The van der Waals surface area contributed by atoms with Crippen LogP contribution in [0.3, 0.4) is 0 Å². The van der Waals surface area contributed by atoms with Gasteiger partial charge in [-0.2, -0.15) is 0 Å². The van der Waals surface area contributed by atoms with Crippen LogP contribution in [0.2, 0.25) is 0 Å². The summed E-state index contributed by atoms with van der Waals surface area (Å²) in [4.78, 5) is 0. The molecule has 28 heavy (non-hydrogen) atoms. The summed E-state index contributed by atoms with van der Waals surface area (Å²) < 4.78 is 18.1. The smallest absolute Gasteiger partial charge is 1.00 e. The van der Waals surface area contributed by atoms with E-state index >= 15 is 0 Å². The minimum absolute atomic E-state index is 0. The van der Waals surface area contributed by atoms with Gasteiger partial charge in [0, 0.05) is 17.7 Å². The maximum Gasteiger partial charge on any atom is 1.10 e. The van der Waals surface area contributed by atoms with E-state index in [0.29, 0.717) is 0 Å². The zero-order valence-electron chi connectivity index (χ0n) is 16.6. The fourth-order valence-corrected chi connectivity index (χ4v) is 4.95. The fraction of sp³-hybridized carbons (Fsp3) is 0.0909. The van der Waals surface area contributed by atoms with Crippen molar-refractivity contribution < 1.29 is 36.8 Å². The Balaban J connectivity index is 0.00000120. The molecule has 134 valence electrons. The van der Waals surface area contributed by atoms with Crippen LogP contribution in [0.15, 0.2) is 72.8 Å². The summed E-state index contributed by atoms with van der Waals surface area (Å²) in [5.41, 5.74) is 2.06. The van der Waals surface area contributed by atoms with Crippen molar-refractivity contribution in [2.24, 2.45) is 0 Å². The number of benzene rings is 4. The third kappa shape index (κ3) is 3.32. The summed E-state index contributed by atoms with van der Waals surface area (Å²) in [5.74, 6) is 1.52. The molecule has 1 aliphatic heterocycles. The van der Waals surface area contributed by atoms with Crippen molar-refractivity contribution in [3.8, 4) is 22.6 Å². The first-order valence-corrected chi connectivity index (χ1v) is 10.4. The summed E-state index contributed by atoms with van der Waals surface area (Å²) in [6, 6.07) is 24.7. The summed E-state index contributed by atoms with van der Waals surface area (Å²) in [6.45, 7) is 0.133. The molecule has 6 heteroatoms. The SMILES string of the molecule is OCC[O][Al]1[O]c2ccc3ccccc3c2-c2c(ccc3ccccc23)[O]1.[H-].[Li+]. The largest absolute Gasteiger partial charge is 1.10 e. The zero-order chi connectivity index (χ0) is 18.2. The molecular weight excluding hydrogens is 362 g/mol. The summed E-state index contributed by atoms with van der Waals surface area (Å²) >= 11 is -2.48. The monoisotopic (exact) mass is 380 g/mol. The number of hydrogen-bond acceptors (Lipinski definition) is 4. The first kappa shape index (κ1) is 19.4. The molecule has 0 bridgehead atoms. The third-order valence-electron chi connectivity index (χ3n) is 4.82. The Morgan fingerprint density at radius 3 is 1.75 bits per heavy atom. The van der Waals surface area contributed by atoms with Crippen LogP contribution < -0.4 is 26.4 Å². The minimum Gasteiger partial charge on any atom is -1.00 e. The average molecular weight is 380 g/mol. The standard InChI is InChI=1S/C20H14O2.C2H5O2.Al.Li.H/c21-17-11-9-13-5-1-3-7-15(13)19(17)20-16-8-4-2-6-14(16)10-12-18(20)22;3-1-2-4;;;/h1-12,21-22H;3H,1-2H2;;;/q;-1;+3;+1;-1/p-2. The number of aliphatic hydroxyl groups excluding tert-OH is 1. The van der Waals surface area contributed by atoms with E-state index in [1.165, 1.54) is 0 Å². The van der Waals surface area contributed by atoms with Crippen molar-refractivity contribution in [3.05, 3.63) is 72.8 Å². The quantitative estimate of drug-likeness (QED) is 0.548. The molecule has 4 nitrogen and oxygen atoms in total. The number of hydrogen-bond donors (Lipinski definition) is 1.